The molecule has 2 rings (SSSR count). The Bertz CT molecular complexity index is 699. The first-order valence-corrected chi connectivity index (χ1v) is 7.78. The van der Waals surface area contributed by atoms with E-state index < -0.39 is 12.1 Å². The predicted molar refractivity (Wildman–Crippen MR) is 92.5 cm³/mol. The second-order valence-corrected chi connectivity index (χ2v) is 5.69. The Morgan fingerprint density at radius 2 is 1.83 bits per heavy atom. The third kappa shape index (κ3) is 5.12. The Kier molecular flexibility index (Phi) is 5.95. The van der Waals surface area contributed by atoms with Crippen LogP contribution in [0.1, 0.15) is 38.0 Å². The lowest BCUT2D eigenvalue weighted by Crippen LogP contribution is -2.29. The van der Waals surface area contributed by atoms with E-state index in [0.29, 0.717) is 17.4 Å². The average Bonchev–Trinajstić information content (AvgIpc) is 3.06. The number of amides is 1. The summed E-state index contributed by atoms with van der Waals surface area (Å²) in [6.45, 7) is 5.73. The van der Waals surface area contributed by atoms with Gasteiger partial charge in [-0.3, -0.25) is 4.79 Å². The van der Waals surface area contributed by atoms with Crippen molar-refractivity contribution in [3.8, 4) is 0 Å². The van der Waals surface area contributed by atoms with Crippen LogP contribution in [0.2, 0.25) is 0 Å². The van der Waals surface area contributed by atoms with E-state index in [1.165, 1.54) is 30.9 Å². The second kappa shape index (κ2) is 8.15. The summed E-state index contributed by atoms with van der Waals surface area (Å²) in [5, 5.41) is 2.72. The Morgan fingerprint density at radius 3 is 2.42 bits per heavy atom. The Labute approximate surface area is 141 Å². The molecule has 0 unspecified atom stereocenters. The smallest absolute Gasteiger partial charge is 0.331 e. The number of rotatable bonds is 6. The van der Waals surface area contributed by atoms with Crippen LogP contribution in [0.15, 0.2) is 53.2 Å². The van der Waals surface area contributed by atoms with Crippen molar-refractivity contribution >= 4 is 23.6 Å². The molecule has 0 aliphatic heterocycles. The van der Waals surface area contributed by atoms with E-state index in [2.05, 4.69) is 19.2 Å². The van der Waals surface area contributed by atoms with Crippen LogP contribution < -0.4 is 5.32 Å². The number of carbonyl (C=O) groups is 2. The normalized spacial score (nSPS) is 12.3. The van der Waals surface area contributed by atoms with Crippen LogP contribution in [0.3, 0.4) is 0 Å². The van der Waals surface area contributed by atoms with Crippen molar-refractivity contribution in [2.45, 2.75) is 32.8 Å². The molecule has 24 heavy (non-hydrogen) atoms. The molecule has 1 aromatic heterocycles. The van der Waals surface area contributed by atoms with E-state index in [1.807, 2.05) is 24.3 Å². The summed E-state index contributed by atoms with van der Waals surface area (Å²) in [7, 11) is 0. The molecule has 0 saturated carbocycles. The average molecular weight is 327 g/mol. The molecular formula is C19H21NO4. The summed E-state index contributed by atoms with van der Waals surface area (Å²) in [5.41, 5.74) is 1.86. The number of nitrogens with one attached hydrogen (secondary N) is 1. The summed E-state index contributed by atoms with van der Waals surface area (Å²) < 4.78 is 10.1. The van der Waals surface area contributed by atoms with Crippen molar-refractivity contribution in [3.63, 3.8) is 0 Å². The Hall–Kier alpha value is -2.82. The van der Waals surface area contributed by atoms with Crippen LogP contribution in [0.25, 0.3) is 6.08 Å². The topological polar surface area (TPSA) is 68.5 Å². The molecule has 5 heteroatoms. The molecule has 0 bridgehead atoms. The van der Waals surface area contributed by atoms with Gasteiger partial charge in [-0.05, 0) is 48.7 Å². The predicted octanol–water partition coefficient (Wildman–Crippen LogP) is 3.99. The summed E-state index contributed by atoms with van der Waals surface area (Å²) in [6.07, 6.45) is 3.31. The van der Waals surface area contributed by atoms with Gasteiger partial charge in [0.25, 0.3) is 5.91 Å². The second-order valence-electron chi connectivity index (χ2n) is 5.69. The quantitative estimate of drug-likeness (QED) is 0.643. The maximum absolute atomic E-state index is 12.1. The minimum atomic E-state index is -0.900. The highest BCUT2D eigenvalue weighted by Gasteiger charge is 2.16. The summed E-state index contributed by atoms with van der Waals surface area (Å²) in [4.78, 5) is 23.8. The lowest BCUT2D eigenvalue weighted by atomic mass is 10.0. The van der Waals surface area contributed by atoms with Gasteiger partial charge in [-0.1, -0.05) is 26.0 Å². The third-order valence-corrected chi connectivity index (χ3v) is 3.43. The zero-order valence-corrected chi connectivity index (χ0v) is 14.0. The molecule has 1 heterocycles. The first-order chi connectivity index (χ1) is 11.5. The van der Waals surface area contributed by atoms with Crippen LogP contribution in [0.4, 0.5) is 5.69 Å². The monoisotopic (exact) mass is 327 g/mol. The van der Waals surface area contributed by atoms with E-state index in [9.17, 15) is 9.59 Å². The molecule has 0 fully saturated rings. The van der Waals surface area contributed by atoms with Gasteiger partial charge in [0.05, 0.1) is 6.26 Å². The van der Waals surface area contributed by atoms with E-state index in [4.69, 9.17) is 9.15 Å². The summed E-state index contributed by atoms with van der Waals surface area (Å²) >= 11 is 0. The van der Waals surface area contributed by atoms with Crippen molar-refractivity contribution in [1.29, 1.82) is 0 Å². The molecule has 1 aromatic carbocycles. The van der Waals surface area contributed by atoms with Gasteiger partial charge >= 0.3 is 5.97 Å². The molecule has 5 nitrogen and oxygen atoms in total. The standard InChI is InChI=1S/C19H21NO4/c1-13(2)15-6-8-16(9-7-15)20-19(22)14(3)24-18(21)11-10-17-5-4-12-23-17/h4-14H,1-3H3,(H,20,22)/b11-10+/t14-/m1/s1. The number of benzene rings is 1. The summed E-state index contributed by atoms with van der Waals surface area (Å²) in [5.74, 6) is -0.0267. The van der Waals surface area contributed by atoms with E-state index in [0.717, 1.165) is 0 Å². The number of hydrogen-bond acceptors (Lipinski definition) is 4. The number of furan rings is 1. The van der Waals surface area contributed by atoms with Crippen LogP contribution in [0, 0.1) is 0 Å². The number of hydrogen-bond donors (Lipinski definition) is 1. The number of anilines is 1. The maximum Gasteiger partial charge on any atom is 0.331 e. The highest BCUT2D eigenvalue weighted by molar-refractivity contribution is 5.96. The van der Waals surface area contributed by atoms with E-state index in [1.54, 1.807) is 12.1 Å². The summed E-state index contributed by atoms with van der Waals surface area (Å²) in [6, 6.07) is 11.0. The van der Waals surface area contributed by atoms with Crippen molar-refractivity contribution in [3.05, 3.63) is 60.1 Å². The fourth-order valence-corrected chi connectivity index (χ4v) is 2.00. The maximum atomic E-state index is 12.1. The first kappa shape index (κ1) is 17.5. The highest BCUT2D eigenvalue weighted by Crippen LogP contribution is 2.17. The Balaban J connectivity index is 1.86. The molecule has 2 aromatic rings. The van der Waals surface area contributed by atoms with Gasteiger partial charge in [-0.15, -0.1) is 0 Å². The molecule has 0 aliphatic rings. The van der Waals surface area contributed by atoms with Gasteiger partial charge in [0.1, 0.15) is 5.76 Å². The minimum Gasteiger partial charge on any atom is -0.465 e. The van der Waals surface area contributed by atoms with Crippen molar-refractivity contribution in [2.24, 2.45) is 0 Å². The van der Waals surface area contributed by atoms with Gasteiger partial charge in [0.15, 0.2) is 6.10 Å². The van der Waals surface area contributed by atoms with Gasteiger partial charge < -0.3 is 14.5 Å². The van der Waals surface area contributed by atoms with Gasteiger partial charge in [0, 0.05) is 11.8 Å². The number of carbonyl (C=O) groups excluding carboxylic acids is 2. The number of ether oxygens (including phenoxy) is 1. The zero-order chi connectivity index (χ0) is 17.5. The minimum absolute atomic E-state index is 0.382. The fraction of sp³-hybridized carbons (Fsp3) is 0.263. The van der Waals surface area contributed by atoms with Crippen LogP contribution >= 0.6 is 0 Å². The SMILES string of the molecule is CC(C)c1ccc(NC(=O)[C@@H](C)OC(=O)/C=C/c2ccco2)cc1. The lowest BCUT2D eigenvalue weighted by molar-refractivity contribution is -0.148. The molecule has 1 amide bonds. The first-order valence-electron chi connectivity index (χ1n) is 7.78. The molecule has 1 N–H and O–H groups in total. The van der Waals surface area contributed by atoms with Gasteiger partial charge in [-0.25, -0.2) is 4.79 Å². The largest absolute Gasteiger partial charge is 0.465 e. The highest BCUT2D eigenvalue weighted by atomic mass is 16.5. The van der Waals surface area contributed by atoms with Crippen LogP contribution in [-0.2, 0) is 14.3 Å². The van der Waals surface area contributed by atoms with Crippen LogP contribution in [-0.4, -0.2) is 18.0 Å². The third-order valence-electron chi connectivity index (χ3n) is 3.43. The van der Waals surface area contributed by atoms with Gasteiger partial charge in [-0.2, -0.15) is 0 Å². The van der Waals surface area contributed by atoms with Crippen molar-refractivity contribution < 1.29 is 18.7 Å². The molecule has 0 saturated heterocycles. The molecule has 0 spiro atoms. The number of esters is 1. The van der Waals surface area contributed by atoms with Crippen molar-refractivity contribution in [1.82, 2.24) is 0 Å². The van der Waals surface area contributed by atoms with Crippen LogP contribution in [0.5, 0.6) is 0 Å². The molecule has 1 atom stereocenters. The Morgan fingerprint density at radius 1 is 1.12 bits per heavy atom. The molecule has 0 radical (unpaired) electrons. The zero-order valence-electron chi connectivity index (χ0n) is 14.0. The lowest BCUT2D eigenvalue weighted by Gasteiger charge is -2.13. The van der Waals surface area contributed by atoms with E-state index >= 15 is 0 Å². The molecule has 126 valence electrons. The molecular weight excluding hydrogens is 306 g/mol. The van der Waals surface area contributed by atoms with Crippen molar-refractivity contribution in [2.75, 3.05) is 5.32 Å². The van der Waals surface area contributed by atoms with E-state index in [-0.39, 0.29) is 5.91 Å². The van der Waals surface area contributed by atoms with Gasteiger partial charge in [0.2, 0.25) is 0 Å². The molecule has 0 aliphatic carbocycles. The fourth-order valence-electron chi connectivity index (χ4n) is 2.00.